The van der Waals surface area contributed by atoms with Crippen LogP contribution in [0.1, 0.15) is 57.1 Å². The van der Waals surface area contributed by atoms with Crippen LogP contribution in [-0.4, -0.2) is 0 Å². The number of terminal acetylenes is 1. The van der Waals surface area contributed by atoms with Crippen molar-refractivity contribution in [2.24, 2.45) is 11.8 Å². The van der Waals surface area contributed by atoms with E-state index in [-0.39, 0.29) is 5.41 Å². The van der Waals surface area contributed by atoms with Crippen LogP contribution in [0.2, 0.25) is 5.02 Å². The molecule has 0 radical (unpaired) electrons. The quantitative estimate of drug-likeness (QED) is 0.318. The largest absolute Gasteiger partial charge is 0.115 e. The summed E-state index contributed by atoms with van der Waals surface area (Å²) >= 11 is 6.15. The minimum absolute atomic E-state index is 0.0879. The fraction of sp³-hybridized carbons (Fsp3) is 0.333. The second kappa shape index (κ2) is 7.89. The molecule has 0 aromatic heterocycles. The Morgan fingerprint density at radius 2 is 1.87 bits per heavy atom. The zero-order valence-corrected chi connectivity index (χ0v) is 19.2. The van der Waals surface area contributed by atoms with Crippen LogP contribution in [0.4, 0.5) is 0 Å². The van der Waals surface area contributed by atoms with E-state index < -0.39 is 0 Å². The molecule has 0 N–H and O–H groups in total. The van der Waals surface area contributed by atoms with E-state index >= 15 is 0 Å². The van der Waals surface area contributed by atoms with Crippen LogP contribution in [0.5, 0.6) is 0 Å². The molecule has 156 valence electrons. The summed E-state index contributed by atoms with van der Waals surface area (Å²) in [5, 5.41) is 0.771. The summed E-state index contributed by atoms with van der Waals surface area (Å²) in [4.78, 5) is 0. The fourth-order valence-electron chi connectivity index (χ4n) is 6.38. The number of rotatable bonds is 1. The zero-order valence-electron chi connectivity index (χ0n) is 18.4. The molecule has 2 bridgehead atoms. The third-order valence-electron chi connectivity index (χ3n) is 7.70. The van der Waals surface area contributed by atoms with Crippen LogP contribution in [0.15, 0.2) is 71.8 Å². The van der Waals surface area contributed by atoms with Gasteiger partial charge in [0.25, 0.3) is 0 Å². The molecule has 2 aromatic carbocycles. The van der Waals surface area contributed by atoms with E-state index in [0.29, 0.717) is 5.92 Å². The zero-order chi connectivity index (χ0) is 21.6. The Morgan fingerprint density at radius 3 is 2.61 bits per heavy atom. The van der Waals surface area contributed by atoms with Gasteiger partial charge in [0, 0.05) is 10.4 Å². The number of hydrogen-bond donors (Lipinski definition) is 0. The van der Waals surface area contributed by atoms with Crippen molar-refractivity contribution in [1.82, 2.24) is 0 Å². The van der Waals surface area contributed by atoms with Gasteiger partial charge in [-0.15, -0.1) is 6.42 Å². The summed E-state index contributed by atoms with van der Waals surface area (Å²) in [6, 6.07) is 15.2. The molecule has 3 aliphatic rings. The van der Waals surface area contributed by atoms with Crippen LogP contribution < -0.4 is 0 Å². The summed E-state index contributed by atoms with van der Waals surface area (Å²) in [6.45, 7) is 4.53. The average molecular weight is 425 g/mol. The van der Waals surface area contributed by atoms with E-state index in [0.717, 1.165) is 17.4 Å². The van der Waals surface area contributed by atoms with Crippen LogP contribution in [0, 0.1) is 24.2 Å². The van der Waals surface area contributed by atoms with Gasteiger partial charge >= 0.3 is 0 Å². The number of halogens is 1. The topological polar surface area (TPSA) is 0 Å². The molecule has 0 heterocycles. The highest BCUT2D eigenvalue weighted by Gasteiger charge is 2.49. The molecule has 0 nitrogen and oxygen atoms in total. The first-order valence-electron chi connectivity index (χ1n) is 11.5. The van der Waals surface area contributed by atoms with Crippen molar-refractivity contribution < 1.29 is 0 Å². The van der Waals surface area contributed by atoms with Gasteiger partial charge in [0.2, 0.25) is 0 Å². The predicted octanol–water partition coefficient (Wildman–Crippen LogP) is 8.38. The first-order chi connectivity index (χ1) is 15.1. The minimum Gasteiger partial charge on any atom is -0.115 e. The lowest BCUT2D eigenvalue weighted by atomic mass is 9.66. The molecule has 1 spiro atoms. The Morgan fingerprint density at radius 1 is 1.10 bits per heavy atom. The standard InChI is InChI=1S/C30H29Cl/c1-4-6-28-26(5-2)27-14-10-23(22-8-12-25(31)13-9-22)19-29(27)30(28)16-15-21-7-11-24(30)18-20(3)17-21/h1,5-6,8-10,12-14,18-21H,7,11,15-17H2,2-3H3/b26-5-,28-6?. The van der Waals surface area contributed by atoms with E-state index in [9.17, 15) is 0 Å². The lowest BCUT2D eigenvalue weighted by molar-refractivity contribution is 0.372. The van der Waals surface area contributed by atoms with Crippen molar-refractivity contribution in [3.63, 3.8) is 0 Å². The molecule has 5 rings (SSSR count). The summed E-state index contributed by atoms with van der Waals surface area (Å²) in [5.74, 6) is 4.34. The van der Waals surface area contributed by atoms with Gasteiger partial charge in [-0.1, -0.05) is 66.4 Å². The van der Waals surface area contributed by atoms with Crippen LogP contribution in [0.25, 0.3) is 16.7 Å². The lowest BCUT2D eigenvalue weighted by Crippen LogP contribution is -2.29. The molecule has 0 saturated heterocycles. The van der Waals surface area contributed by atoms with Crippen LogP contribution >= 0.6 is 11.6 Å². The van der Waals surface area contributed by atoms with E-state index in [1.54, 1.807) is 5.57 Å². The third-order valence-corrected chi connectivity index (χ3v) is 7.95. The highest BCUT2D eigenvalue weighted by molar-refractivity contribution is 6.30. The van der Waals surface area contributed by atoms with Crippen LogP contribution in [0.3, 0.4) is 0 Å². The molecule has 3 atom stereocenters. The molecule has 3 aliphatic carbocycles. The van der Waals surface area contributed by atoms with E-state index in [2.05, 4.69) is 68.3 Å². The summed E-state index contributed by atoms with van der Waals surface area (Å²) < 4.78 is 0. The molecule has 2 aromatic rings. The maximum Gasteiger partial charge on any atom is 0.0430 e. The Balaban J connectivity index is 1.78. The van der Waals surface area contributed by atoms with Gasteiger partial charge in [-0.05, 0) is 109 Å². The summed E-state index contributed by atoms with van der Waals surface area (Å²) in [6.07, 6.45) is 19.0. The Bertz CT molecular complexity index is 1150. The minimum atomic E-state index is -0.0879. The van der Waals surface area contributed by atoms with Gasteiger partial charge in [-0.2, -0.15) is 0 Å². The normalized spacial score (nSPS) is 29.5. The number of allylic oxidation sites excluding steroid dienone is 6. The van der Waals surface area contributed by atoms with Gasteiger partial charge in [-0.3, -0.25) is 0 Å². The molecule has 1 saturated carbocycles. The van der Waals surface area contributed by atoms with Gasteiger partial charge in [-0.25, -0.2) is 0 Å². The van der Waals surface area contributed by atoms with E-state index in [4.69, 9.17) is 18.0 Å². The Hall–Kier alpha value is -2.49. The van der Waals surface area contributed by atoms with Gasteiger partial charge in [0.05, 0.1) is 0 Å². The average Bonchev–Trinajstić information content (AvgIpc) is 2.88. The summed E-state index contributed by atoms with van der Waals surface area (Å²) in [5.41, 5.74) is 9.39. The van der Waals surface area contributed by atoms with Crippen molar-refractivity contribution >= 4 is 17.2 Å². The smallest absolute Gasteiger partial charge is 0.0430 e. The summed E-state index contributed by atoms with van der Waals surface area (Å²) in [7, 11) is 0. The van der Waals surface area contributed by atoms with Gasteiger partial charge in [0.1, 0.15) is 0 Å². The maximum atomic E-state index is 6.15. The van der Waals surface area contributed by atoms with Crippen molar-refractivity contribution in [2.45, 2.75) is 51.4 Å². The lowest BCUT2D eigenvalue weighted by Gasteiger charge is -2.36. The maximum absolute atomic E-state index is 6.15. The first kappa shape index (κ1) is 20.4. The molecular weight excluding hydrogens is 396 g/mol. The number of benzene rings is 2. The second-order valence-electron chi connectivity index (χ2n) is 9.45. The Labute approximate surface area is 191 Å². The number of hydrogen-bond acceptors (Lipinski definition) is 0. The molecule has 0 aliphatic heterocycles. The van der Waals surface area contributed by atoms with Crippen LogP contribution in [-0.2, 0) is 5.41 Å². The molecule has 1 heteroatoms. The number of fused-ring (bicyclic) bond motifs is 6. The SMILES string of the molecule is C#CC=C1/C(=C\C)c2ccc(-c3ccc(Cl)cc3)cc2C12CCC1CCC2=CC(C)C1. The first-order valence-corrected chi connectivity index (χ1v) is 11.9. The van der Waals surface area contributed by atoms with Crippen molar-refractivity contribution in [3.05, 3.63) is 88.0 Å². The third kappa shape index (κ3) is 3.22. The van der Waals surface area contributed by atoms with Gasteiger partial charge < -0.3 is 0 Å². The highest BCUT2D eigenvalue weighted by atomic mass is 35.5. The Kier molecular flexibility index (Phi) is 5.19. The van der Waals surface area contributed by atoms with Gasteiger partial charge in [0.15, 0.2) is 0 Å². The monoisotopic (exact) mass is 424 g/mol. The van der Waals surface area contributed by atoms with Crippen molar-refractivity contribution in [1.29, 1.82) is 0 Å². The molecule has 31 heavy (non-hydrogen) atoms. The predicted molar refractivity (Wildman–Crippen MR) is 133 cm³/mol. The van der Waals surface area contributed by atoms with E-state index in [1.807, 2.05) is 12.1 Å². The second-order valence-corrected chi connectivity index (χ2v) is 9.88. The molecular formula is C30H29Cl. The molecule has 3 unspecified atom stereocenters. The highest BCUT2D eigenvalue weighted by Crippen LogP contribution is 2.60. The van der Waals surface area contributed by atoms with Crippen molar-refractivity contribution in [3.8, 4) is 23.5 Å². The van der Waals surface area contributed by atoms with E-state index in [1.165, 1.54) is 59.1 Å². The molecule has 0 amide bonds. The van der Waals surface area contributed by atoms with Crippen molar-refractivity contribution in [2.75, 3.05) is 0 Å². The molecule has 1 fully saturated rings. The fourth-order valence-corrected chi connectivity index (χ4v) is 6.51.